The lowest BCUT2D eigenvalue weighted by atomic mass is 10.2. The average molecular weight is 592 g/mol. The van der Waals surface area contributed by atoms with Gasteiger partial charge in [0.15, 0.2) is 10.7 Å². The number of nitrogens with one attached hydrogen (secondary N) is 1. The van der Waals surface area contributed by atoms with E-state index >= 15 is 0 Å². The van der Waals surface area contributed by atoms with Crippen LogP contribution in [0.4, 0.5) is 5.69 Å². The van der Waals surface area contributed by atoms with Crippen molar-refractivity contribution in [3.05, 3.63) is 90.1 Å². The number of benzene rings is 2. The fraction of sp³-hybridized carbons (Fsp3) is 0.222. The van der Waals surface area contributed by atoms with E-state index in [4.69, 9.17) is 4.74 Å². The Morgan fingerprint density at radius 1 is 1.29 bits per heavy atom. The van der Waals surface area contributed by atoms with E-state index in [0.29, 0.717) is 47.5 Å². The Morgan fingerprint density at radius 3 is 2.73 bits per heavy atom. The minimum Gasteiger partial charge on any atom is -0.382 e. The van der Waals surface area contributed by atoms with Crippen molar-refractivity contribution in [3.8, 4) is 11.8 Å². The number of nitriles is 1. The van der Waals surface area contributed by atoms with E-state index in [9.17, 15) is 25.0 Å². The van der Waals surface area contributed by atoms with Crippen molar-refractivity contribution in [3.63, 3.8) is 0 Å². The number of rotatable bonds is 11. The highest BCUT2D eigenvalue weighted by molar-refractivity contribution is 7.99. The second kappa shape index (κ2) is 13.7. The maximum absolute atomic E-state index is 13.6. The van der Waals surface area contributed by atoms with Crippen molar-refractivity contribution < 1.29 is 14.5 Å². The Bertz CT molecular complexity index is 1790. The molecule has 0 unspecified atom stereocenters. The zero-order chi connectivity index (χ0) is 29.4. The highest BCUT2D eigenvalue weighted by Crippen LogP contribution is 2.34. The number of aryl methyl sites for hydroxylation is 1. The van der Waals surface area contributed by atoms with Crippen molar-refractivity contribution in [2.75, 3.05) is 19.8 Å². The quantitative estimate of drug-likeness (QED) is 0.157. The molecule has 1 amide bonds. The predicted octanol–water partition coefficient (Wildman–Crippen LogP) is 2.13. The van der Waals surface area contributed by atoms with Gasteiger partial charge in [-0.15, -0.1) is 21.5 Å². The lowest BCUT2D eigenvalue weighted by molar-refractivity contribution is -0.387. The highest BCUT2D eigenvalue weighted by atomic mass is 32.2. The molecule has 41 heavy (non-hydrogen) atoms. The number of nitrogens with zero attached hydrogens (tertiary/aromatic N) is 6. The highest BCUT2D eigenvalue weighted by Gasteiger charge is 2.19. The summed E-state index contributed by atoms with van der Waals surface area (Å²) < 4.78 is 8.58. The van der Waals surface area contributed by atoms with Crippen molar-refractivity contribution >= 4 is 46.3 Å². The second-order valence-corrected chi connectivity index (χ2v) is 10.5. The number of carbonyl (C=O) groups is 1. The van der Waals surface area contributed by atoms with E-state index < -0.39 is 16.4 Å². The maximum Gasteiger partial charge on any atom is 0.283 e. The van der Waals surface area contributed by atoms with E-state index in [-0.39, 0.29) is 20.5 Å². The van der Waals surface area contributed by atoms with Crippen LogP contribution >= 0.6 is 23.1 Å². The number of ether oxygens (including phenoxy) is 1. The zero-order valence-corrected chi connectivity index (χ0v) is 23.8. The largest absolute Gasteiger partial charge is 0.382 e. The van der Waals surface area contributed by atoms with Crippen LogP contribution in [0.3, 0.4) is 0 Å². The molecule has 0 radical (unpaired) electrons. The molecule has 0 aliphatic rings. The van der Waals surface area contributed by atoms with Gasteiger partial charge in [0.05, 0.1) is 20.0 Å². The normalized spacial score (nSPS) is 12.2. The molecule has 12 nitrogen and oxygen atoms in total. The van der Waals surface area contributed by atoms with Crippen molar-refractivity contribution in [2.24, 2.45) is 7.05 Å². The molecule has 0 aliphatic heterocycles. The third kappa shape index (κ3) is 6.95. The summed E-state index contributed by atoms with van der Waals surface area (Å²) in [6, 6.07) is 15.2. The number of amides is 1. The van der Waals surface area contributed by atoms with Crippen molar-refractivity contribution in [2.45, 2.75) is 23.4 Å². The Morgan fingerprint density at radius 2 is 2.07 bits per heavy atom. The van der Waals surface area contributed by atoms with Gasteiger partial charge in [0.1, 0.15) is 17.1 Å². The molecule has 0 aliphatic carbocycles. The standard InChI is InChI=1S/C27H25N7O5S2/c1-3-39-13-7-12-29-24(35)20(16-28)26-33(19-8-5-4-6-9-19)25(36)23(40-26)15-18-10-11-22(21(14-18)34(37)38)41-27-31-30-17-32(27)2/h4-6,8-11,14-15,17H,3,7,12-13H2,1-2H3,(H,29,35). The first-order chi connectivity index (χ1) is 19.8. The van der Waals surface area contributed by atoms with Crippen molar-refractivity contribution in [1.82, 2.24) is 24.6 Å². The molecular formula is C27H25N7O5S2. The monoisotopic (exact) mass is 591 g/mol. The summed E-state index contributed by atoms with van der Waals surface area (Å²) in [7, 11) is 1.73. The molecule has 14 heteroatoms. The van der Waals surface area contributed by atoms with E-state index in [1.165, 1.54) is 23.0 Å². The van der Waals surface area contributed by atoms with Crippen molar-refractivity contribution in [1.29, 1.82) is 5.26 Å². The molecular weight excluding hydrogens is 566 g/mol. The smallest absolute Gasteiger partial charge is 0.283 e. The minimum atomic E-state index is -0.609. The fourth-order valence-electron chi connectivity index (χ4n) is 3.73. The van der Waals surface area contributed by atoms with Crippen LogP contribution in [0.5, 0.6) is 0 Å². The summed E-state index contributed by atoms with van der Waals surface area (Å²) in [6.07, 6.45) is 3.57. The predicted molar refractivity (Wildman–Crippen MR) is 154 cm³/mol. The SMILES string of the molecule is CCOCCCNC(=O)C(C#N)=c1sc(=Cc2ccc(Sc3nncn3C)c([N+](=O)[O-])c2)c(=O)n1-c1ccccc1. The summed E-state index contributed by atoms with van der Waals surface area (Å²) in [4.78, 5) is 38.3. The molecule has 0 saturated heterocycles. The summed E-state index contributed by atoms with van der Waals surface area (Å²) >= 11 is 2.06. The van der Waals surface area contributed by atoms with Crippen LogP contribution in [-0.4, -0.2) is 49.9 Å². The maximum atomic E-state index is 13.6. The lowest BCUT2D eigenvalue weighted by Crippen LogP contribution is -2.34. The van der Waals surface area contributed by atoms with Crippen LogP contribution in [0.25, 0.3) is 17.3 Å². The summed E-state index contributed by atoms with van der Waals surface area (Å²) in [6.45, 7) is 3.20. The Labute approximate surface area is 242 Å². The van der Waals surface area contributed by atoms with Crippen LogP contribution in [0.15, 0.2) is 69.7 Å². The molecule has 4 aromatic rings. The van der Waals surface area contributed by atoms with Gasteiger partial charge in [0, 0.05) is 32.9 Å². The molecule has 0 fully saturated rings. The molecule has 0 atom stereocenters. The van der Waals surface area contributed by atoms with Gasteiger partial charge >= 0.3 is 0 Å². The first-order valence-corrected chi connectivity index (χ1v) is 14.1. The van der Waals surface area contributed by atoms with Crippen LogP contribution < -0.4 is 20.1 Å². The molecule has 0 spiro atoms. The topological polar surface area (TPSA) is 158 Å². The number of para-hydroxylation sites is 1. The molecule has 2 aromatic heterocycles. The van der Waals surface area contributed by atoms with Gasteiger partial charge < -0.3 is 14.6 Å². The summed E-state index contributed by atoms with van der Waals surface area (Å²) in [5.74, 6) is -0.609. The molecule has 4 rings (SSSR count). The van der Waals surface area contributed by atoms with E-state index in [1.807, 2.05) is 13.0 Å². The first kappa shape index (κ1) is 29.4. The Kier molecular flexibility index (Phi) is 9.80. The van der Waals surface area contributed by atoms with Gasteiger partial charge in [-0.05, 0) is 54.9 Å². The Hall–Kier alpha value is -4.58. The molecule has 210 valence electrons. The van der Waals surface area contributed by atoms with Crippen LogP contribution in [0.1, 0.15) is 18.9 Å². The number of hydrogen-bond donors (Lipinski definition) is 1. The number of hydrogen-bond acceptors (Lipinski definition) is 10. The third-order valence-corrected chi connectivity index (χ3v) is 7.90. The molecule has 1 N–H and O–H groups in total. The van der Waals surface area contributed by atoms with Gasteiger partial charge in [0.2, 0.25) is 0 Å². The number of carbonyl (C=O) groups excluding carboxylic acids is 1. The first-order valence-electron chi connectivity index (χ1n) is 12.4. The molecule has 0 bridgehead atoms. The second-order valence-electron chi connectivity index (χ2n) is 8.50. The molecule has 2 aromatic carbocycles. The van der Waals surface area contributed by atoms with Gasteiger partial charge in [-0.3, -0.25) is 24.3 Å². The minimum absolute atomic E-state index is 0.154. The van der Waals surface area contributed by atoms with E-state index in [1.54, 1.807) is 54.1 Å². The van der Waals surface area contributed by atoms with Crippen LogP contribution in [0.2, 0.25) is 0 Å². The van der Waals surface area contributed by atoms with Crippen LogP contribution in [0, 0.1) is 21.4 Å². The summed E-state index contributed by atoms with van der Waals surface area (Å²) in [5, 5.41) is 32.7. The number of thiazole rings is 1. The molecule has 0 saturated carbocycles. The summed E-state index contributed by atoms with van der Waals surface area (Å²) in [5.41, 5.74) is 0.0361. The molecule has 2 heterocycles. The lowest BCUT2D eigenvalue weighted by Gasteiger charge is -2.06. The Balaban J connectivity index is 1.81. The van der Waals surface area contributed by atoms with Gasteiger partial charge in [0.25, 0.3) is 17.2 Å². The number of aromatic nitrogens is 4. The van der Waals surface area contributed by atoms with Gasteiger partial charge in [-0.2, -0.15) is 5.26 Å². The van der Waals surface area contributed by atoms with Crippen LogP contribution in [-0.2, 0) is 16.6 Å². The average Bonchev–Trinajstić information content (AvgIpc) is 3.51. The number of nitro groups is 1. The van der Waals surface area contributed by atoms with Gasteiger partial charge in [-0.1, -0.05) is 24.3 Å². The zero-order valence-electron chi connectivity index (χ0n) is 22.1. The third-order valence-electron chi connectivity index (χ3n) is 5.69. The van der Waals surface area contributed by atoms with E-state index in [0.717, 1.165) is 23.1 Å². The van der Waals surface area contributed by atoms with Gasteiger partial charge in [-0.25, -0.2) is 0 Å². The van der Waals surface area contributed by atoms with E-state index in [2.05, 4.69) is 15.5 Å². The fourth-order valence-corrected chi connectivity index (χ4v) is 5.69. The number of nitro benzene ring substituents is 1.